The molecule has 154 valence electrons. The Balaban J connectivity index is 1.79. The number of aliphatic carboxylic acids is 1. The van der Waals surface area contributed by atoms with E-state index in [2.05, 4.69) is 0 Å². The zero-order chi connectivity index (χ0) is 20.3. The maximum absolute atomic E-state index is 14.4. The third-order valence-electron chi connectivity index (χ3n) is 5.70. The number of benzene rings is 1. The minimum Gasteiger partial charge on any atom is -0.486 e. The maximum atomic E-state index is 14.4. The second-order valence-corrected chi connectivity index (χ2v) is 7.58. The van der Waals surface area contributed by atoms with Gasteiger partial charge in [-0.25, -0.2) is 4.39 Å². The van der Waals surface area contributed by atoms with Crippen molar-refractivity contribution >= 4 is 5.97 Å². The molecule has 0 heterocycles. The van der Waals surface area contributed by atoms with Crippen LogP contribution in [-0.4, -0.2) is 17.7 Å². The number of alkyl halides is 3. The molecule has 0 unspecified atom stereocenters. The van der Waals surface area contributed by atoms with Crippen LogP contribution in [0.2, 0.25) is 0 Å². The summed E-state index contributed by atoms with van der Waals surface area (Å²) in [5.74, 6) is -2.03. The van der Waals surface area contributed by atoms with Crippen LogP contribution in [-0.2, 0) is 17.4 Å². The first-order chi connectivity index (χ1) is 13.3. The minimum absolute atomic E-state index is 0.106. The van der Waals surface area contributed by atoms with Crippen LogP contribution in [0.15, 0.2) is 23.3 Å². The van der Waals surface area contributed by atoms with Gasteiger partial charge in [0.2, 0.25) is 0 Å². The van der Waals surface area contributed by atoms with Crippen LogP contribution < -0.4 is 4.74 Å². The Bertz CT molecular complexity index is 762. The van der Waals surface area contributed by atoms with Crippen molar-refractivity contribution in [3.8, 4) is 5.75 Å². The van der Waals surface area contributed by atoms with Crippen LogP contribution in [0.3, 0.4) is 0 Å². The first-order valence-electron chi connectivity index (χ1n) is 9.70. The Kier molecular flexibility index (Phi) is 6.30. The molecule has 3 nitrogen and oxygen atoms in total. The van der Waals surface area contributed by atoms with E-state index in [1.54, 1.807) is 0 Å². The number of carbonyl (C=O) groups is 1. The summed E-state index contributed by atoms with van der Waals surface area (Å²) >= 11 is 0. The highest BCUT2D eigenvalue weighted by Crippen LogP contribution is 2.41. The van der Waals surface area contributed by atoms with Gasteiger partial charge in [-0.15, -0.1) is 0 Å². The van der Waals surface area contributed by atoms with Crippen LogP contribution in [0.5, 0.6) is 5.75 Å². The van der Waals surface area contributed by atoms with Crippen LogP contribution in [0.4, 0.5) is 17.6 Å². The molecule has 0 spiro atoms. The first kappa shape index (κ1) is 20.7. The summed E-state index contributed by atoms with van der Waals surface area (Å²) in [4.78, 5) is 10.7. The number of halogens is 4. The predicted molar refractivity (Wildman–Crippen MR) is 95.7 cm³/mol. The van der Waals surface area contributed by atoms with Crippen molar-refractivity contribution in [3.63, 3.8) is 0 Å². The predicted octanol–water partition coefficient (Wildman–Crippen LogP) is 5.91. The van der Waals surface area contributed by atoms with Crippen molar-refractivity contribution in [1.29, 1.82) is 0 Å². The minimum atomic E-state index is -4.71. The lowest BCUT2D eigenvalue weighted by atomic mass is 9.94. The number of rotatable bonds is 7. The van der Waals surface area contributed by atoms with E-state index < -0.39 is 42.1 Å². The summed E-state index contributed by atoms with van der Waals surface area (Å²) < 4.78 is 59.9. The number of aryl methyl sites for hydroxylation is 1. The standard InChI is InChI=1S/C21H24F4O3/c22-18-10-14(8-9-20(26)27)17(21(23,24)25)11-19(18)28-12-15-6-3-7-16(15)13-4-1-2-5-13/h10-11,13H,1-9,12H2,(H,26,27). The van der Waals surface area contributed by atoms with E-state index in [-0.39, 0.29) is 12.2 Å². The third kappa shape index (κ3) is 4.86. The lowest BCUT2D eigenvalue weighted by Gasteiger charge is -2.17. The lowest BCUT2D eigenvalue weighted by Crippen LogP contribution is -2.13. The zero-order valence-electron chi connectivity index (χ0n) is 15.6. The van der Waals surface area contributed by atoms with Crippen molar-refractivity contribution in [2.24, 2.45) is 5.92 Å². The number of carboxylic acids is 1. The molecule has 1 aromatic rings. The van der Waals surface area contributed by atoms with Crippen LogP contribution >= 0.6 is 0 Å². The molecule has 0 radical (unpaired) electrons. The van der Waals surface area contributed by atoms with E-state index in [4.69, 9.17) is 9.84 Å². The fourth-order valence-corrected chi connectivity index (χ4v) is 4.34. The third-order valence-corrected chi connectivity index (χ3v) is 5.70. The highest BCUT2D eigenvalue weighted by molar-refractivity contribution is 5.67. The second-order valence-electron chi connectivity index (χ2n) is 7.58. The molecule has 0 aromatic heterocycles. The zero-order valence-corrected chi connectivity index (χ0v) is 15.6. The smallest absolute Gasteiger partial charge is 0.416 e. The van der Waals surface area contributed by atoms with Gasteiger partial charge in [0.1, 0.15) is 6.61 Å². The molecule has 0 amide bonds. The van der Waals surface area contributed by atoms with Gasteiger partial charge in [-0.3, -0.25) is 4.79 Å². The number of hydrogen-bond acceptors (Lipinski definition) is 2. The van der Waals surface area contributed by atoms with Crippen LogP contribution in [0.1, 0.15) is 62.5 Å². The van der Waals surface area contributed by atoms with E-state index in [1.807, 2.05) is 0 Å². The van der Waals surface area contributed by atoms with Gasteiger partial charge in [0.05, 0.1) is 5.56 Å². The molecule has 1 N–H and O–H groups in total. The molecule has 1 aromatic carbocycles. The van der Waals surface area contributed by atoms with Crippen molar-refractivity contribution in [1.82, 2.24) is 0 Å². The lowest BCUT2D eigenvalue weighted by molar-refractivity contribution is -0.140. The SMILES string of the molecule is O=C(O)CCc1cc(F)c(OCC2=C(C3CCCC3)CCC2)cc1C(F)(F)F. The molecule has 0 aliphatic heterocycles. The summed E-state index contributed by atoms with van der Waals surface area (Å²) in [7, 11) is 0. The van der Waals surface area contributed by atoms with Gasteiger partial charge >= 0.3 is 12.1 Å². The second kappa shape index (κ2) is 8.53. The first-order valence-corrected chi connectivity index (χ1v) is 9.70. The fraction of sp³-hybridized carbons (Fsp3) is 0.571. The summed E-state index contributed by atoms with van der Waals surface area (Å²) in [6.45, 7) is 0.106. The molecular formula is C21H24F4O3. The average molecular weight is 400 g/mol. The Labute approximate surface area is 161 Å². The maximum Gasteiger partial charge on any atom is 0.416 e. The number of allylic oxidation sites excluding steroid dienone is 1. The van der Waals surface area contributed by atoms with E-state index in [0.717, 1.165) is 43.7 Å². The molecule has 28 heavy (non-hydrogen) atoms. The summed E-state index contributed by atoms with van der Waals surface area (Å²) in [5.41, 5.74) is 1.04. The van der Waals surface area contributed by atoms with Gasteiger partial charge in [0.25, 0.3) is 0 Å². The molecule has 0 bridgehead atoms. The Morgan fingerprint density at radius 1 is 1.14 bits per heavy atom. The van der Waals surface area contributed by atoms with E-state index in [9.17, 15) is 22.4 Å². The van der Waals surface area contributed by atoms with Gasteiger partial charge < -0.3 is 9.84 Å². The Morgan fingerprint density at radius 2 is 1.86 bits per heavy atom. The van der Waals surface area contributed by atoms with E-state index >= 15 is 0 Å². The summed E-state index contributed by atoms with van der Waals surface area (Å²) in [6, 6.07) is 1.42. The number of hydrogen-bond donors (Lipinski definition) is 1. The van der Waals surface area contributed by atoms with Crippen molar-refractivity contribution < 1.29 is 32.2 Å². The molecule has 2 aliphatic carbocycles. The average Bonchev–Trinajstić information content (AvgIpc) is 3.28. The molecule has 1 fully saturated rings. The quantitative estimate of drug-likeness (QED) is 0.457. The molecule has 0 saturated heterocycles. The van der Waals surface area contributed by atoms with Crippen LogP contribution in [0.25, 0.3) is 0 Å². The van der Waals surface area contributed by atoms with E-state index in [0.29, 0.717) is 12.0 Å². The summed E-state index contributed by atoms with van der Waals surface area (Å²) in [6.07, 6.45) is 1.93. The van der Waals surface area contributed by atoms with Crippen LogP contribution in [0, 0.1) is 11.7 Å². The van der Waals surface area contributed by atoms with Gasteiger partial charge in [0, 0.05) is 6.42 Å². The number of ether oxygens (including phenoxy) is 1. The van der Waals surface area contributed by atoms with Crippen molar-refractivity contribution in [3.05, 3.63) is 40.2 Å². The molecule has 1 saturated carbocycles. The Hall–Kier alpha value is -2.05. The molecule has 3 rings (SSSR count). The largest absolute Gasteiger partial charge is 0.486 e. The van der Waals surface area contributed by atoms with Gasteiger partial charge in [0.15, 0.2) is 11.6 Å². The Morgan fingerprint density at radius 3 is 2.50 bits per heavy atom. The monoisotopic (exact) mass is 400 g/mol. The van der Waals surface area contributed by atoms with Gasteiger partial charge in [-0.2, -0.15) is 13.2 Å². The normalized spacial score (nSPS) is 18.1. The van der Waals surface area contributed by atoms with Gasteiger partial charge in [-0.05, 0) is 67.7 Å². The number of carboxylic acid groups (broad SMARTS) is 1. The highest BCUT2D eigenvalue weighted by Gasteiger charge is 2.35. The molecular weight excluding hydrogens is 376 g/mol. The molecule has 7 heteroatoms. The van der Waals surface area contributed by atoms with Crippen molar-refractivity contribution in [2.45, 2.75) is 64.0 Å². The topological polar surface area (TPSA) is 46.5 Å². The van der Waals surface area contributed by atoms with E-state index in [1.165, 1.54) is 18.4 Å². The molecule has 2 aliphatic rings. The van der Waals surface area contributed by atoms with Gasteiger partial charge in [-0.1, -0.05) is 18.4 Å². The van der Waals surface area contributed by atoms with Crippen molar-refractivity contribution in [2.75, 3.05) is 6.61 Å². The fourth-order valence-electron chi connectivity index (χ4n) is 4.34. The molecule has 0 atom stereocenters. The summed E-state index contributed by atoms with van der Waals surface area (Å²) in [5, 5.41) is 8.71. The highest BCUT2D eigenvalue weighted by atomic mass is 19.4.